The number of hydrogen-bond acceptors (Lipinski definition) is 4. The minimum Gasteiger partial charge on any atom is -0.493 e. The molecule has 2 N–H and O–H groups in total. The second-order valence-corrected chi connectivity index (χ2v) is 7.11. The van der Waals surface area contributed by atoms with Gasteiger partial charge in [0.25, 0.3) is 5.56 Å². The van der Waals surface area contributed by atoms with Gasteiger partial charge in [0.15, 0.2) is 11.5 Å². The smallest absolute Gasteiger partial charge is 0.258 e. The first kappa shape index (κ1) is 18.2. The van der Waals surface area contributed by atoms with E-state index in [9.17, 15) is 9.18 Å². The predicted octanol–water partition coefficient (Wildman–Crippen LogP) is 4.30. The topological polar surface area (TPSA) is 80.0 Å². The van der Waals surface area contributed by atoms with Crippen molar-refractivity contribution in [3.05, 3.63) is 76.1 Å². The lowest BCUT2D eigenvalue weighted by Gasteiger charge is -2.09. The number of nitrogens with one attached hydrogen (secondary N) is 2. The molecular formula is C23H18FN3O3. The molecule has 0 bridgehead atoms. The van der Waals surface area contributed by atoms with E-state index in [0.29, 0.717) is 34.6 Å². The minimum atomic E-state index is -0.266. The number of methoxy groups -OCH3 is 2. The summed E-state index contributed by atoms with van der Waals surface area (Å²) < 4.78 is 24.2. The summed E-state index contributed by atoms with van der Waals surface area (Å²) in [7, 11) is 3.06. The lowest BCUT2D eigenvalue weighted by atomic mass is 10.1. The Bertz CT molecular complexity index is 1490. The van der Waals surface area contributed by atoms with Crippen LogP contribution in [0, 0.1) is 5.82 Å². The molecule has 0 unspecified atom stereocenters. The molecule has 150 valence electrons. The molecule has 7 heteroatoms. The number of aromatic amines is 2. The Morgan fingerprint density at radius 1 is 0.867 bits per heavy atom. The average Bonchev–Trinajstić information content (AvgIpc) is 3.09. The summed E-state index contributed by atoms with van der Waals surface area (Å²) in [6.07, 6.45) is 0.444. The molecule has 5 rings (SSSR count). The van der Waals surface area contributed by atoms with Crippen molar-refractivity contribution in [2.75, 3.05) is 14.2 Å². The Labute approximate surface area is 170 Å². The lowest BCUT2D eigenvalue weighted by molar-refractivity contribution is 0.355. The van der Waals surface area contributed by atoms with E-state index in [1.807, 2.05) is 18.2 Å². The van der Waals surface area contributed by atoms with Crippen LogP contribution in [0.25, 0.3) is 32.7 Å². The number of ether oxygens (including phenoxy) is 2. The Morgan fingerprint density at radius 3 is 2.47 bits per heavy atom. The number of H-pyrrole nitrogens is 2. The molecule has 0 saturated carbocycles. The van der Waals surface area contributed by atoms with E-state index >= 15 is 0 Å². The first-order valence-electron chi connectivity index (χ1n) is 9.40. The Hall–Kier alpha value is -3.87. The molecule has 0 aliphatic carbocycles. The van der Waals surface area contributed by atoms with Gasteiger partial charge in [-0.2, -0.15) is 0 Å². The van der Waals surface area contributed by atoms with Crippen molar-refractivity contribution >= 4 is 32.7 Å². The second kappa shape index (κ2) is 6.88. The highest BCUT2D eigenvalue weighted by Gasteiger charge is 2.12. The van der Waals surface area contributed by atoms with Crippen LogP contribution in [-0.2, 0) is 6.42 Å². The monoisotopic (exact) mass is 403 g/mol. The van der Waals surface area contributed by atoms with Crippen LogP contribution in [0.4, 0.5) is 4.39 Å². The van der Waals surface area contributed by atoms with E-state index in [2.05, 4.69) is 15.0 Å². The number of rotatable bonds is 4. The maximum Gasteiger partial charge on any atom is 0.258 e. The van der Waals surface area contributed by atoms with Crippen molar-refractivity contribution in [3.63, 3.8) is 0 Å². The summed E-state index contributed by atoms with van der Waals surface area (Å²) in [5, 5.41) is 2.23. The Kier molecular flexibility index (Phi) is 4.17. The summed E-state index contributed by atoms with van der Waals surface area (Å²) in [6.45, 7) is 0. The van der Waals surface area contributed by atoms with Crippen LogP contribution in [0.2, 0.25) is 0 Å². The zero-order valence-corrected chi connectivity index (χ0v) is 16.4. The van der Waals surface area contributed by atoms with Crippen molar-refractivity contribution < 1.29 is 13.9 Å². The van der Waals surface area contributed by atoms with E-state index in [4.69, 9.17) is 9.47 Å². The zero-order valence-electron chi connectivity index (χ0n) is 16.4. The van der Waals surface area contributed by atoms with Gasteiger partial charge in [-0.15, -0.1) is 0 Å². The molecule has 0 aliphatic rings. The maximum atomic E-state index is 13.6. The van der Waals surface area contributed by atoms with E-state index < -0.39 is 0 Å². The van der Waals surface area contributed by atoms with Crippen molar-refractivity contribution in [1.82, 2.24) is 15.0 Å². The normalized spacial score (nSPS) is 11.4. The molecule has 6 nitrogen and oxygen atoms in total. The largest absolute Gasteiger partial charge is 0.493 e. The van der Waals surface area contributed by atoms with Crippen LogP contribution >= 0.6 is 0 Å². The predicted molar refractivity (Wildman–Crippen MR) is 114 cm³/mol. The first-order chi connectivity index (χ1) is 14.6. The second-order valence-electron chi connectivity index (χ2n) is 7.11. The van der Waals surface area contributed by atoms with Gasteiger partial charge >= 0.3 is 0 Å². The van der Waals surface area contributed by atoms with Crippen LogP contribution in [0.1, 0.15) is 11.4 Å². The lowest BCUT2D eigenvalue weighted by Crippen LogP contribution is -2.12. The van der Waals surface area contributed by atoms with Gasteiger partial charge in [-0.1, -0.05) is 12.1 Å². The van der Waals surface area contributed by atoms with Crippen LogP contribution in [0.15, 0.2) is 53.3 Å². The molecule has 0 aliphatic heterocycles. The molecular weight excluding hydrogens is 385 g/mol. The average molecular weight is 403 g/mol. The third-order valence-electron chi connectivity index (χ3n) is 5.26. The van der Waals surface area contributed by atoms with Gasteiger partial charge in [0, 0.05) is 34.3 Å². The van der Waals surface area contributed by atoms with E-state index in [1.54, 1.807) is 25.3 Å². The minimum absolute atomic E-state index is 0.238. The molecule has 30 heavy (non-hydrogen) atoms. The quantitative estimate of drug-likeness (QED) is 0.469. The summed E-state index contributed by atoms with van der Waals surface area (Å²) >= 11 is 0. The molecule has 0 atom stereocenters. The number of aromatic nitrogens is 3. The number of nitrogens with zero attached hydrogens (tertiary/aromatic N) is 1. The fraction of sp³-hybridized carbons (Fsp3) is 0.130. The molecule has 0 fully saturated rings. The van der Waals surface area contributed by atoms with Gasteiger partial charge in [-0.05, 0) is 35.9 Å². The molecule has 2 aromatic heterocycles. The molecule has 0 amide bonds. The Balaban J connectivity index is 1.56. The number of hydrogen-bond donors (Lipinski definition) is 2. The molecule has 0 radical (unpaired) electrons. The van der Waals surface area contributed by atoms with Crippen molar-refractivity contribution in [1.29, 1.82) is 0 Å². The van der Waals surface area contributed by atoms with Crippen LogP contribution in [0.5, 0.6) is 11.5 Å². The Morgan fingerprint density at radius 2 is 1.67 bits per heavy atom. The summed E-state index contributed by atoms with van der Waals surface area (Å²) in [4.78, 5) is 23.3. The third-order valence-corrected chi connectivity index (χ3v) is 5.26. The van der Waals surface area contributed by atoms with Crippen molar-refractivity contribution in [2.24, 2.45) is 0 Å². The van der Waals surface area contributed by atoms with Gasteiger partial charge < -0.3 is 19.4 Å². The van der Waals surface area contributed by atoms with E-state index in [-0.39, 0.29) is 11.4 Å². The summed E-state index contributed by atoms with van der Waals surface area (Å²) in [5.41, 5.74) is 3.05. The van der Waals surface area contributed by atoms with Crippen molar-refractivity contribution in [2.45, 2.75) is 6.42 Å². The fourth-order valence-electron chi connectivity index (χ4n) is 3.82. The third kappa shape index (κ3) is 2.95. The molecule has 0 saturated heterocycles. The van der Waals surface area contributed by atoms with Gasteiger partial charge in [0.05, 0.1) is 25.1 Å². The maximum absolute atomic E-state index is 13.6. The van der Waals surface area contributed by atoms with Gasteiger partial charge in [0.1, 0.15) is 11.6 Å². The highest BCUT2D eigenvalue weighted by molar-refractivity contribution is 6.07. The van der Waals surface area contributed by atoms with E-state index in [1.165, 1.54) is 19.2 Å². The standard InChI is InChI=1S/C23H18FN3O3/c1-29-20-10-16-19(11-21(20)30-2)26-22(27-23(16)28)8-12-3-5-14-15-9-13(24)4-6-17(15)25-18(14)7-12/h3-7,9-11,25H,8H2,1-2H3,(H,26,27,28). The highest BCUT2D eigenvalue weighted by atomic mass is 19.1. The SMILES string of the molecule is COc1cc2nc(Cc3ccc4c(c3)[nH]c3ccc(F)cc34)[nH]c(=O)c2cc1OC. The number of benzene rings is 3. The first-order valence-corrected chi connectivity index (χ1v) is 9.40. The van der Waals surface area contributed by atoms with Crippen LogP contribution in [-0.4, -0.2) is 29.2 Å². The number of halogens is 1. The van der Waals surface area contributed by atoms with Crippen molar-refractivity contribution in [3.8, 4) is 11.5 Å². The van der Waals surface area contributed by atoms with E-state index in [0.717, 1.165) is 27.4 Å². The molecule has 2 heterocycles. The van der Waals surface area contributed by atoms with Crippen LogP contribution < -0.4 is 15.0 Å². The fourth-order valence-corrected chi connectivity index (χ4v) is 3.82. The highest BCUT2D eigenvalue weighted by Crippen LogP contribution is 2.30. The number of fused-ring (bicyclic) bond motifs is 4. The van der Waals surface area contributed by atoms with Gasteiger partial charge in [-0.3, -0.25) is 4.79 Å². The summed E-state index contributed by atoms with van der Waals surface area (Å²) in [6, 6.07) is 13.9. The molecule has 0 spiro atoms. The molecule has 5 aromatic rings. The zero-order chi connectivity index (χ0) is 20.8. The van der Waals surface area contributed by atoms with Gasteiger partial charge in [-0.25, -0.2) is 9.37 Å². The summed E-state index contributed by atoms with van der Waals surface area (Å²) in [5.74, 6) is 1.27. The molecule has 3 aromatic carbocycles. The van der Waals surface area contributed by atoms with Crippen LogP contribution in [0.3, 0.4) is 0 Å². The van der Waals surface area contributed by atoms with Gasteiger partial charge in [0.2, 0.25) is 0 Å².